The zero-order valence-corrected chi connectivity index (χ0v) is 11.9. The summed E-state index contributed by atoms with van der Waals surface area (Å²) in [6.45, 7) is 2.28. The molecule has 0 saturated heterocycles. The van der Waals surface area contributed by atoms with Gasteiger partial charge in [0.05, 0.1) is 5.02 Å². The third kappa shape index (κ3) is 4.02. The first-order valence-electron chi connectivity index (χ1n) is 4.80. The van der Waals surface area contributed by atoms with Gasteiger partial charge in [-0.05, 0) is 12.3 Å². The number of anilines is 1. The first-order chi connectivity index (χ1) is 7.86. The van der Waals surface area contributed by atoms with E-state index in [9.17, 15) is 8.42 Å². The van der Waals surface area contributed by atoms with Gasteiger partial charge in [0.2, 0.25) is 10.0 Å². The van der Waals surface area contributed by atoms with Crippen molar-refractivity contribution in [2.75, 3.05) is 18.5 Å². The van der Waals surface area contributed by atoms with Crippen LogP contribution in [0, 0.1) is 0 Å². The van der Waals surface area contributed by atoms with Gasteiger partial charge in [-0.25, -0.2) is 18.1 Å². The molecule has 1 heterocycles. The molecule has 0 radical (unpaired) electrons. The van der Waals surface area contributed by atoms with Gasteiger partial charge in [0.1, 0.15) is 10.7 Å². The van der Waals surface area contributed by atoms with Crippen LogP contribution < -0.4 is 10.5 Å². The molecule has 0 aromatic carbocycles. The minimum absolute atomic E-state index is 0.0185. The number of halogens is 1. The van der Waals surface area contributed by atoms with Gasteiger partial charge in [-0.3, -0.25) is 0 Å². The van der Waals surface area contributed by atoms with Gasteiger partial charge in [0, 0.05) is 18.0 Å². The van der Waals surface area contributed by atoms with Gasteiger partial charge in [-0.2, -0.15) is 11.8 Å². The molecular weight excluding hydrogens is 282 g/mol. The summed E-state index contributed by atoms with van der Waals surface area (Å²) in [6.07, 6.45) is 3.11. The monoisotopic (exact) mass is 295 g/mol. The van der Waals surface area contributed by atoms with E-state index >= 15 is 0 Å². The standard InChI is InChI=1S/C9H14ClN3O2S2/c1-6(16-2)4-13-17(14,15)7-3-8(10)9(11)12-5-7/h3,5-6,13H,4H2,1-2H3,(H2,11,12). The highest BCUT2D eigenvalue weighted by molar-refractivity contribution is 7.99. The van der Waals surface area contributed by atoms with Crippen molar-refractivity contribution in [1.29, 1.82) is 0 Å². The first kappa shape index (κ1) is 14.6. The Hall–Kier alpha value is -0.500. The maximum atomic E-state index is 11.9. The molecule has 1 atom stereocenters. The number of pyridine rings is 1. The Kier molecular flexibility index (Phi) is 5.05. The van der Waals surface area contributed by atoms with Crippen LogP contribution in [0.4, 0.5) is 5.82 Å². The van der Waals surface area contributed by atoms with Crippen LogP contribution in [0.1, 0.15) is 6.92 Å². The Balaban J connectivity index is 2.86. The van der Waals surface area contributed by atoms with Crippen molar-refractivity contribution < 1.29 is 8.42 Å². The van der Waals surface area contributed by atoms with Gasteiger partial charge in [-0.15, -0.1) is 0 Å². The molecule has 3 N–H and O–H groups in total. The van der Waals surface area contributed by atoms with Crippen LogP contribution in [0.3, 0.4) is 0 Å². The summed E-state index contributed by atoms with van der Waals surface area (Å²) in [5.74, 6) is 0.114. The quantitative estimate of drug-likeness (QED) is 0.856. The molecule has 0 aliphatic carbocycles. The van der Waals surface area contributed by atoms with Crippen LogP contribution in [0.2, 0.25) is 5.02 Å². The highest BCUT2D eigenvalue weighted by Gasteiger charge is 2.16. The topological polar surface area (TPSA) is 85.1 Å². The highest BCUT2D eigenvalue weighted by atomic mass is 35.5. The van der Waals surface area contributed by atoms with E-state index < -0.39 is 10.0 Å². The van der Waals surface area contributed by atoms with Crippen LogP contribution in [-0.2, 0) is 10.0 Å². The minimum atomic E-state index is -3.57. The van der Waals surface area contributed by atoms with Crippen molar-refractivity contribution in [2.45, 2.75) is 17.1 Å². The lowest BCUT2D eigenvalue weighted by Crippen LogP contribution is -2.29. The molecule has 8 heteroatoms. The van der Waals surface area contributed by atoms with Crippen molar-refractivity contribution in [1.82, 2.24) is 9.71 Å². The minimum Gasteiger partial charge on any atom is -0.382 e. The second-order valence-electron chi connectivity index (χ2n) is 3.44. The number of sulfonamides is 1. The molecule has 1 aromatic rings. The lowest BCUT2D eigenvalue weighted by molar-refractivity contribution is 0.581. The molecule has 0 fully saturated rings. The Labute approximate surface area is 110 Å². The average Bonchev–Trinajstić information content (AvgIpc) is 2.29. The first-order valence-corrected chi connectivity index (χ1v) is 7.95. The number of nitrogens with one attached hydrogen (secondary N) is 1. The third-order valence-electron chi connectivity index (χ3n) is 2.12. The molecule has 0 spiro atoms. The van der Waals surface area contributed by atoms with Gasteiger partial charge in [-0.1, -0.05) is 18.5 Å². The molecule has 0 aliphatic rings. The smallest absolute Gasteiger partial charge is 0.242 e. The maximum Gasteiger partial charge on any atom is 0.242 e. The number of rotatable bonds is 5. The SMILES string of the molecule is CSC(C)CNS(=O)(=O)c1cnc(N)c(Cl)c1. The summed E-state index contributed by atoms with van der Waals surface area (Å²) in [6, 6.07) is 1.29. The average molecular weight is 296 g/mol. The number of aromatic nitrogens is 1. The van der Waals surface area contributed by atoms with Crippen LogP contribution in [0.25, 0.3) is 0 Å². The van der Waals surface area contributed by atoms with E-state index in [-0.39, 0.29) is 21.0 Å². The summed E-state index contributed by atoms with van der Waals surface area (Å²) in [5, 5.41) is 0.327. The lowest BCUT2D eigenvalue weighted by atomic mass is 10.5. The summed E-state index contributed by atoms with van der Waals surface area (Å²) in [7, 11) is -3.57. The van der Waals surface area contributed by atoms with Crippen molar-refractivity contribution in [3.05, 3.63) is 17.3 Å². The summed E-state index contributed by atoms with van der Waals surface area (Å²) in [4.78, 5) is 3.73. The van der Waals surface area contributed by atoms with E-state index in [0.717, 1.165) is 0 Å². The molecule has 0 amide bonds. The Morgan fingerprint density at radius 3 is 2.82 bits per heavy atom. The number of thioether (sulfide) groups is 1. The van der Waals surface area contributed by atoms with E-state index in [0.29, 0.717) is 6.54 Å². The second kappa shape index (κ2) is 5.90. The van der Waals surface area contributed by atoms with E-state index in [1.54, 1.807) is 11.8 Å². The lowest BCUT2D eigenvalue weighted by Gasteiger charge is -2.10. The normalized spacial score (nSPS) is 13.6. The van der Waals surface area contributed by atoms with Gasteiger partial charge in [0.15, 0.2) is 0 Å². The molecule has 17 heavy (non-hydrogen) atoms. The van der Waals surface area contributed by atoms with Crippen molar-refractivity contribution >= 4 is 39.2 Å². The van der Waals surface area contributed by atoms with Gasteiger partial charge in [0.25, 0.3) is 0 Å². The Morgan fingerprint density at radius 2 is 2.29 bits per heavy atom. The van der Waals surface area contributed by atoms with E-state index in [2.05, 4.69) is 9.71 Å². The predicted octanol–water partition coefficient (Wildman–Crippen LogP) is 1.35. The Bertz CT molecular complexity index is 493. The molecule has 0 aliphatic heterocycles. The Morgan fingerprint density at radius 1 is 1.65 bits per heavy atom. The fraction of sp³-hybridized carbons (Fsp3) is 0.444. The largest absolute Gasteiger partial charge is 0.382 e. The third-order valence-corrected chi connectivity index (χ3v) is 4.78. The summed E-state index contributed by atoms with van der Waals surface area (Å²) in [5.41, 5.74) is 5.41. The molecule has 0 bridgehead atoms. The second-order valence-corrected chi connectivity index (χ2v) is 6.89. The van der Waals surface area contributed by atoms with Crippen molar-refractivity contribution in [3.8, 4) is 0 Å². The summed E-state index contributed by atoms with van der Waals surface area (Å²) < 4.78 is 26.2. The van der Waals surface area contributed by atoms with E-state index in [1.165, 1.54) is 12.3 Å². The highest BCUT2D eigenvalue weighted by Crippen LogP contribution is 2.19. The zero-order chi connectivity index (χ0) is 13.1. The maximum absolute atomic E-state index is 11.9. The van der Waals surface area contributed by atoms with Crippen LogP contribution >= 0.6 is 23.4 Å². The molecule has 1 rings (SSSR count). The van der Waals surface area contributed by atoms with E-state index in [4.69, 9.17) is 17.3 Å². The molecular formula is C9H14ClN3O2S2. The van der Waals surface area contributed by atoms with Gasteiger partial charge < -0.3 is 5.73 Å². The zero-order valence-electron chi connectivity index (χ0n) is 9.47. The number of nitrogens with zero attached hydrogens (tertiary/aromatic N) is 1. The van der Waals surface area contributed by atoms with E-state index in [1.807, 2.05) is 13.2 Å². The van der Waals surface area contributed by atoms with Gasteiger partial charge >= 0.3 is 0 Å². The molecule has 1 aromatic heterocycles. The number of nitrogens with two attached hydrogens (primary N) is 1. The molecule has 96 valence electrons. The molecule has 0 saturated carbocycles. The predicted molar refractivity (Wildman–Crippen MR) is 71.8 cm³/mol. The van der Waals surface area contributed by atoms with Crippen LogP contribution in [0.5, 0.6) is 0 Å². The number of nitrogen functional groups attached to an aromatic ring is 1. The fourth-order valence-electron chi connectivity index (χ4n) is 0.972. The number of hydrogen-bond donors (Lipinski definition) is 2. The molecule has 1 unspecified atom stereocenters. The van der Waals surface area contributed by atoms with Crippen molar-refractivity contribution in [3.63, 3.8) is 0 Å². The van der Waals surface area contributed by atoms with Crippen LogP contribution in [0.15, 0.2) is 17.2 Å². The summed E-state index contributed by atoms with van der Waals surface area (Å²) >= 11 is 7.30. The number of hydrogen-bond acceptors (Lipinski definition) is 5. The van der Waals surface area contributed by atoms with Crippen LogP contribution in [-0.4, -0.2) is 31.5 Å². The van der Waals surface area contributed by atoms with Crippen molar-refractivity contribution in [2.24, 2.45) is 0 Å². The molecule has 5 nitrogen and oxygen atoms in total. The fourth-order valence-corrected chi connectivity index (χ4v) is 2.66.